The fourth-order valence-corrected chi connectivity index (χ4v) is 2.09. The van der Waals surface area contributed by atoms with Crippen LogP contribution in [0, 0.1) is 6.92 Å². The zero-order valence-electron chi connectivity index (χ0n) is 8.66. The Morgan fingerprint density at radius 3 is 2.87 bits per heavy atom. The SMILES string of the molecule is Cc1c(N)cccc1NCc1cccs1. The van der Waals surface area contributed by atoms with E-state index >= 15 is 0 Å². The summed E-state index contributed by atoms with van der Waals surface area (Å²) < 4.78 is 0. The van der Waals surface area contributed by atoms with Gasteiger partial charge >= 0.3 is 0 Å². The van der Waals surface area contributed by atoms with E-state index < -0.39 is 0 Å². The fourth-order valence-electron chi connectivity index (χ4n) is 1.44. The van der Waals surface area contributed by atoms with Crippen molar-refractivity contribution in [2.45, 2.75) is 13.5 Å². The van der Waals surface area contributed by atoms with E-state index in [1.54, 1.807) is 11.3 Å². The second-order valence-electron chi connectivity index (χ2n) is 3.45. The molecule has 0 unspecified atom stereocenters. The molecule has 0 saturated carbocycles. The van der Waals surface area contributed by atoms with Crippen molar-refractivity contribution in [2.75, 3.05) is 11.1 Å². The minimum Gasteiger partial charge on any atom is -0.398 e. The second-order valence-corrected chi connectivity index (χ2v) is 4.48. The molecule has 0 bridgehead atoms. The van der Waals surface area contributed by atoms with Gasteiger partial charge in [-0.15, -0.1) is 11.3 Å². The third-order valence-corrected chi connectivity index (χ3v) is 3.29. The molecule has 2 aromatic rings. The zero-order chi connectivity index (χ0) is 10.7. The molecule has 0 atom stereocenters. The van der Waals surface area contributed by atoms with E-state index in [2.05, 4.69) is 28.9 Å². The van der Waals surface area contributed by atoms with Gasteiger partial charge in [0, 0.05) is 22.8 Å². The molecule has 15 heavy (non-hydrogen) atoms. The Morgan fingerprint density at radius 2 is 2.13 bits per heavy atom. The molecule has 0 aliphatic rings. The molecule has 0 amide bonds. The Hall–Kier alpha value is -1.48. The number of benzene rings is 1. The van der Waals surface area contributed by atoms with Crippen LogP contribution in [0.4, 0.5) is 11.4 Å². The average molecular weight is 218 g/mol. The quantitative estimate of drug-likeness (QED) is 0.776. The number of thiophene rings is 1. The Kier molecular flexibility index (Phi) is 2.92. The fraction of sp³-hybridized carbons (Fsp3) is 0.167. The van der Waals surface area contributed by atoms with Gasteiger partial charge < -0.3 is 11.1 Å². The van der Waals surface area contributed by atoms with Crippen molar-refractivity contribution in [3.8, 4) is 0 Å². The zero-order valence-corrected chi connectivity index (χ0v) is 9.47. The normalized spacial score (nSPS) is 10.2. The molecule has 2 nitrogen and oxygen atoms in total. The summed E-state index contributed by atoms with van der Waals surface area (Å²) in [6.07, 6.45) is 0. The summed E-state index contributed by atoms with van der Waals surface area (Å²) in [5.74, 6) is 0. The lowest BCUT2D eigenvalue weighted by molar-refractivity contribution is 1.18. The van der Waals surface area contributed by atoms with Crippen LogP contribution in [-0.2, 0) is 6.54 Å². The van der Waals surface area contributed by atoms with Crippen LogP contribution in [0.15, 0.2) is 35.7 Å². The largest absolute Gasteiger partial charge is 0.398 e. The predicted molar refractivity (Wildman–Crippen MR) is 67.2 cm³/mol. The minimum atomic E-state index is 0.839. The summed E-state index contributed by atoms with van der Waals surface area (Å²) >= 11 is 1.76. The van der Waals surface area contributed by atoms with E-state index in [1.807, 2.05) is 19.1 Å². The molecule has 1 aromatic heterocycles. The van der Waals surface area contributed by atoms with Crippen LogP contribution in [0.1, 0.15) is 10.4 Å². The molecule has 1 aromatic carbocycles. The molecule has 0 fully saturated rings. The maximum atomic E-state index is 5.83. The van der Waals surface area contributed by atoms with Crippen LogP contribution >= 0.6 is 11.3 Å². The lowest BCUT2D eigenvalue weighted by Crippen LogP contribution is -2.01. The minimum absolute atomic E-state index is 0.839. The number of nitrogens with two attached hydrogens (primary N) is 1. The van der Waals surface area contributed by atoms with Gasteiger partial charge in [-0.05, 0) is 36.1 Å². The molecule has 3 heteroatoms. The first-order chi connectivity index (χ1) is 7.27. The lowest BCUT2D eigenvalue weighted by atomic mass is 10.1. The summed E-state index contributed by atoms with van der Waals surface area (Å²) in [5.41, 5.74) is 8.91. The maximum Gasteiger partial charge on any atom is 0.0494 e. The Labute approximate surface area is 93.7 Å². The van der Waals surface area contributed by atoms with Gasteiger partial charge in [0.05, 0.1) is 0 Å². The number of hydrogen-bond acceptors (Lipinski definition) is 3. The monoisotopic (exact) mass is 218 g/mol. The summed E-state index contributed by atoms with van der Waals surface area (Å²) in [6.45, 7) is 2.90. The van der Waals surface area contributed by atoms with Crippen molar-refractivity contribution in [1.29, 1.82) is 0 Å². The predicted octanol–water partition coefficient (Wildman–Crippen LogP) is 3.25. The topological polar surface area (TPSA) is 38.0 Å². The molecule has 0 saturated heterocycles. The average Bonchev–Trinajstić information content (AvgIpc) is 2.73. The first-order valence-corrected chi connectivity index (χ1v) is 5.76. The van der Waals surface area contributed by atoms with Gasteiger partial charge in [0.25, 0.3) is 0 Å². The van der Waals surface area contributed by atoms with Crippen molar-refractivity contribution < 1.29 is 0 Å². The summed E-state index contributed by atoms with van der Waals surface area (Å²) in [7, 11) is 0. The molecular weight excluding hydrogens is 204 g/mol. The van der Waals surface area contributed by atoms with Crippen molar-refractivity contribution in [1.82, 2.24) is 0 Å². The van der Waals surface area contributed by atoms with Crippen molar-refractivity contribution in [2.24, 2.45) is 0 Å². The highest BCUT2D eigenvalue weighted by atomic mass is 32.1. The van der Waals surface area contributed by atoms with E-state index in [0.29, 0.717) is 0 Å². The molecule has 78 valence electrons. The molecule has 0 radical (unpaired) electrons. The van der Waals surface area contributed by atoms with Gasteiger partial charge in [-0.3, -0.25) is 0 Å². The number of hydrogen-bond donors (Lipinski definition) is 2. The van der Waals surface area contributed by atoms with Crippen LogP contribution < -0.4 is 11.1 Å². The summed E-state index contributed by atoms with van der Waals surface area (Å²) in [4.78, 5) is 1.33. The van der Waals surface area contributed by atoms with Crippen LogP contribution in [0.25, 0.3) is 0 Å². The molecular formula is C12H14N2S. The van der Waals surface area contributed by atoms with E-state index in [1.165, 1.54) is 4.88 Å². The highest BCUT2D eigenvalue weighted by molar-refractivity contribution is 7.09. The number of rotatable bonds is 3. The Bertz CT molecular complexity index is 435. The highest BCUT2D eigenvalue weighted by Crippen LogP contribution is 2.21. The van der Waals surface area contributed by atoms with Crippen LogP contribution in [0.2, 0.25) is 0 Å². The molecule has 1 heterocycles. The van der Waals surface area contributed by atoms with E-state index in [0.717, 1.165) is 23.5 Å². The third-order valence-electron chi connectivity index (χ3n) is 2.41. The molecule has 2 rings (SSSR count). The van der Waals surface area contributed by atoms with Crippen LogP contribution in [0.5, 0.6) is 0 Å². The second kappa shape index (κ2) is 4.36. The van der Waals surface area contributed by atoms with Gasteiger partial charge in [0.1, 0.15) is 0 Å². The summed E-state index contributed by atoms with van der Waals surface area (Å²) in [6, 6.07) is 10.1. The lowest BCUT2D eigenvalue weighted by Gasteiger charge is -2.10. The Morgan fingerprint density at radius 1 is 1.27 bits per heavy atom. The first-order valence-electron chi connectivity index (χ1n) is 4.88. The molecule has 3 N–H and O–H groups in total. The van der Waals surface area contributed by atoms with Gasteiger partial charge in [-0.2, -0.15) is 0 Å². The van der Waals surface area contributed by atoms with Gasteiger partial charge in [0.2, 0.25) is 0 Å². The first kappa shape index (κ1) is 10.1. The van der Waals surface area contributed by atoms with Gasteiger partial charge in [0.15, 0.2) is 0 Å². The van der Waals surface area contributed by atoms with Crippen molar-refractivity contribution in [3.63, 3.8) is 0 Å². The number of anilines is 2. The smallest absolute Gasteiger partial charge is 0.0494 e. The van der Waals surface area contributed by atoms with Crippen LogP contribution in [0.3, 0.4) is 0 Å². The highest BCUT2D eigenvalue weighted by Gasteiger charge is 2.00. The van der Waals surface area contributed by atoms with E-state index in [-0.39, 0.29) is 0 Å². The number of nitrogens with one attached hydrogen (secondary N) is 1. The molecule has 0 aliphatic carbocycles. The Balaban J connectivity index is 2.08. The number of nitrogen functional groups attached to an aromatic ring is 1. The van der Waals surface area contributed by atoms with E-state index in [4.69, 9.17) is 5.73 Å². The van der Waals surface area contributed by atoms with Crippen LogP contribution in [-0.4, -0.2) is 0 Å². The van der Waals surface area contributed by atoms with Crippen molar-refractivity contribution in [3.05, 3.63) is 46.2 Å². The molecule has 0 aliphatic heterocycles. The van der Waals surface area contributed by atoms with E-state index in [9.17, 15) is 0 Å². The summed E-state index contributed by atoms with van der Waals surface area (Å²) in [5, 5.41) is 5.47. The van der Waals surface area contributed by atoms with Crippen molar-refractivity contribution >= 4 is 22.7 Å². The maximum absolute atomic E-state index is 5.83. The van der Waals surface area contributed by atoms with Gasteiger partial charge in [-0.25, -0.2) is 0 Å². The van der Waals surface area contributed by atoms with Gasteiger partial charge in [-0.1, -0.05) is 12.1 Å². The standard InChI is InChI=1S/C12H14N2S/c1-9-11(13)5-2-6-12(9)14-8-10-4-3-7-15-10/h2-7,14H,8,13H2,1H3. The third kappa shape index (κ3) is 2.30. The molecule has 0 spiro atoms.